The predicted octanol–water partition coefficient (Wildman–Crippen LogP) is 2.96. The van der Waals surface area contributed by atoms with Crippen LogP contribution in [0.1, 0.15) is 38.7 Å². The quantitative estimate of drug-likeness (QED) is 0.390. The number of nitrogens with one attached hydrogen (secondary N) is 2. The van der Waals surface area contributed by atoms with Crippen molar-refractivity contribution in [2.45, 2.75) is 45.6 Å². The first-order chi connectivity index (χ1) is 11.9. The number of rotatable bonds is 12. The van der Waals surface area contributed by atoms with E-state index in [9.17, 15) is 14.2 Å². The minimum absolute atomic E-state index is 0.0342. The van der Waals surface area contributed by atoms with Crippen LogP contribution >= 0.6 is 7.95 Å². The smallest absolute Gasteiger partial charge is 0.432 e. The maximum Gasteiger partial charge on any atom is 0.432 e. The number of aryl methyl sites for hydroxylation is 1. The SMILES string of the molecule is CC(C)[C@H](N[P+](=O)CCCCc1ccccc1)C(=O)NCCC(=O)O. The Morgan fingerprint density at radius 2 is 1.84 bits per heavy atom. The highest BCUT2D eigenvalue weighted by atomic mass is 31.1. The Balaban J connectivity index is 2.32. The van der Waals surface area contributed by atoms with Crippen molar-refractivity contribution in [3.63, 3.8) is 0 Å². The maximum absolute atomic E-state index is 12.2. The lowest BCUT2D eigenvalue weighted by atomic mass is 10.1. The molecule has 6 nitrogen and oxygen atoms in total. The van der Waals surface area contributed by atoms with Crippen molar-refractivity contribution >= 4 is 19.8 Å². The number of amides is 1. The molecule has 0 saturated heterocycles. The minimum atomic E-state index is -1.67. The van der Waals surface area contributed by atoms with Gasteiger partial charge in [-0.2, -0.15) is 0 Å². The van der Waals surface area contributed by atoms with E-state index in [-0.39, 0.29) is 24.8 Å². The number of carboxylic acids is 1. The third-order valence-corrected chi connectivity index (χ3v) is 5.08. The highest BCUT2D eigenvalue weighted by Gasteiger charge is 2.30. The molecule has 0 spiro atoms. The van der Waals surface area contributed by atoms with E-state index in [0.717, 1.165) is 19.3 Å². The Morgan fingerprint density at radius 1 is 1.16 bits per heavy atom. The highest BCUT2D eigenvalue weighted by Crippen LogP contribution is 2.21. The van der Waals surface area contributed by atoms with E-state index in [1.807, 2.05) is 32.0 Å². The average Bonchev–Trinajstić information content (AvgIpc) is 2.56. The number of carbonyl (C=O) groups excluding carboxylic acids is 1. The van der Waals surface area contributed by atoms with Gasteiger partial charge in [0.15, 0.2) is 6.16 Å². The molecule has 0 aromatic heterocycles. The molecule has 1 aromatic rings. The molecular formula is C18H28N2O4P+. The highest BCUT2D eigenvalue weighted by molar-refractivity contribution is 7.42. The first kappa shape index (κ1) is 21.3. The molecular weight excluding hydrogens is 339 g/mol. The molecule has 1 unspecified atom stereocenters. The summed E-state index contributed by atoms with van der Waals surface area (Å²) in [5, 5.41) is 14.1. The normalized spacial score (nSPS) is 12.7. The first-order valence-corrected chi connectivity index (χ1v) is 10.1. The third-order valence-electron chi connectivity index (χ3n) is 3.79. The monoisotopic (exact) mass is 367 g/mol. The van der Waals surface area contributed by atoms with E-state index >= 15 is 0 Å². The van der Waals surface area contributed by atoms with Gasteiger partial charge >= 0.3 is 13.9 Å². The van der Waals surface area contributed by atoms with Crippen LogP contribution in [0, 0.1) is 5.92 Å². The molecule has 2 atom stereocenters. The van der Waals surface area contributed by atoms with Crippen molar-refractivity contribution in [2.24, 2.45) is 5.92 Å². The van der Waals surface area contributed by atoms with E-state index in [4.69, 9.17) is 5.11 Å². The average molecular weight is 367 g/mol. The Morgan fingerprint density at radius 3 is 2.44 bits per heavy atom. The molecule has 0 fully saturated rings. The number of carboxylic acid groups (broad SMARTS) is 1. The van der Waals surface area contributed by atoms with Gasteiger partial charge in [0.05, 0.1) is 6.42 Å². The van der Waals surface area contributed by atoms with Gasteiger partial charge in [0.25, 0.3) is 0 Å². The first-order valence-electron chi connectivity index (χ1n) is 8.64. The molecule has 0 aliphatic heterocycles. The van der Waals surface area contributed by atoms with Crippen LogP contribution in [0.25, 0.3) is 0 Å². The Hall–Kier alpha value is -1.78. The molecule has 25 heavy (non-hydrogen) atoms. The lowest BCUT2D eigenvalue weighted by molar-refractivity contribution is -0.137. The number of carbonyl (C=O) groups is 2. The minimum Gasteiger partial charge on any atom is -0.481 e. The van der Waals surface area contributed by atoms with Crippen molar-refractivity contribution in [1.29, 1.82) is 0 Å². The van der Waals surface area contributed by atoms with Crippen molar-refractivity contribution in [2.75, 3.05) is 12.7 Å². The van der Waals surface area contributed by atoms with Gasteiger partial charge in [-0.3, -0.25) is 9.59 Å². The van der Waals surface area contributed by atoms with Gasteiger partial charge in [0, 0.05) is 6.54 Å². The summed E-state index contributed by atoms with van der Waals surface area (Å²) in [5.41, 5.74) is 1.27. The second kappa shape index (κ2) is 11.7. The van der Waals surface area contributed by atoms with Gasteiger partial charge < -0.3 is 10.4 Å². The zero-order valence-corrected chi connectivity index (χ0v) is 15.8. The Kier molecular flexibility index (Phi) is 9.97. The van der Waals surface area contributed by atoms with Crippen molar-refractivity contribution in [3.05, 3.63) is 35.9 Å². The standard InChI is InChI=1S/C18H27N2O4P/c1-14(2)17(18(23)19-12-11-16(21)22)20-25(24)13-7-6-10-15-8-4-3-5-9-15/h3-5,8-9,14,17H,6-7,10-13H2,1-2H3,(H2-,19,20,21,22,23,24)/p+1/t17-/m0/s1. The lowest BCUT2D eigenvalue weighted by Gasteiger charge is -2.16. The van der Waals surface area contributed by atoms with Gasteiger partial charge in [0.1, 0.15) is 6.04 Å². The van der Waals surface area contributed by atoms with E-state index in [1.54, 1.807) is 0 Å². The fourth-order valence-electron chi connectivity index (χ4n) is 2.36. The Labute approximate surface area is 150 Å². The summed E-state index contributed by atoms with van der Waals surface area (Å²) < 4.78 is 12.2. The summed E-state index contributed by atoms with van der Waals surface area (Å²) in [5.74, 6) is -1.30. The van der Waals surface area contributed by atoms with E-state index in [0.29, 0.717) is 6.16 Å². The van der Waals surface area contributed by atoms with Crippen LogP contribution in [0.4, 0.5) is 0 Å². The summed E-state index contributed by atoms with van der Waals surface area (Å²) in [6.45, 7) is 3.81. The van der Waals surface area contributed by atoms with Gasteiger partial charge in [-0.25, -0.2) is 0 Å². The van der Waals surface area contributed by atoms with E-state index in [2.05, 4.69) is 22.5 Å². The van der Waals surface area contributed by atoms with Crippen LogP contribution in [-0.4, -0.2) is 35.7 Å². The number of hydrogen-bond donors (Lipinski definition) is 3. The molecule has 0 bridgehead atoms. The van der Waals surface area contributed by atoms with Crippen LogP contribution in [0.15, 0.2) is 30.3 Å². The number of benzene rings is 1. The summed E-state index contributed by atoms with van der Waals surface area (Å²) in [4.78, 5) is 22.6. The summed E-state index contributed by atoms with van der Waals surface area (Å²) in [7, 11) is -1.67. The second-order valence-corrected chi connectivity index (χ2v) is 7.79. The lowest BCUT2D eigenvalue weighted by Crippen LogP contribution is -2.45. The molecule has 0 aliphatic rings. The number of unbranched alkanes of at least 4 members (excludes halogenated alkanes) is 1. The Bertz CT molecular complexity index is 563. The predicted molar refractivity (Wildman–Crippen MR) is 98.9 cm³/mol. The van der Waals surface area contributed by atoms with Crippen molar-refractivity contribution in [3.8, 4) is 0 Å². The molecule has 1 aromatic carbocycles. The van der Waals surface area contributed by atoms with Gasteiger partial charge in [-0.1, -0.05) is 53.8 Å². The third kappa shape index (κ3) is 9.32. The molecule has 1 amide bonds. The van der Waals surface area contributed by atoms with Crippen LogP contribution in [0.5, 0.6) is 0 Å². The fraction of sp³-hybridized carbons (Fsp3) is 0.556. The van der Waals surface area contributed by atoms with E-state index in [1.165, 1.54) is 5.56 Å². The zero-order valence-electron chi connectivity index (χ0n) is 14.9. The van der Waals surface area contributed by atoms with Crippen molar-refractivity contribution in [1.82, 2.24) is 10.4 Å². The summed E-state index contributed by atoms with van der Waals surface area (Å²) in [6.07, 6.45) is 3.12. The zero-order chi connectivity index (χ0) is 18.7. The van der Waals surface area contributed by atoms with Gasteiger partial charge in [0.2, 0.25) is 5.91 Å². The molecule has 7 heteroatoms. The van der Waals surface area contributed by atoms with Gasteiger partial charge in [-0.05, 0) is 30.7 Å². The summed E-state index contributed by atoms with van der Waals surface area (Å²) in [6, 6.07) is 9.58. The van der Waals surface area contributed by atoms with Crippen molar-refractivity contribution < 1.29 is 19.3 Å². The molecule has 0 saturated carbocycles. The van der Waals surface area contributed by atoms with Crippen LogP contribution < -0.4 is 10.4 Å². The summed E-state index contributed by atoms with van der Waals surface area (Å²) >= 11 is 0. The maximum atomic E-state index is 12.2. The topological polar surface area (TPSA) is 95.5 Å². The van der Waals surface area contributed by atoms with Crippen LogP contribution in [-0.2, 0) is 20.6 Å². The molecule has 0 radical (unpaired) electrons. The molecule has 0 heterocycles. The molecule has 138 valence electrons. The molecule has 1 rings (SSSR count). The van der Waals surface area contributed by atoms with Gasteiger partial charge in [-0.15, -0.1) is 0 Å². The molecule has 0 aliphatic carbocycles. The van der Waals surface area contributed by atoms with E-state index < -0.39 is 20.0 Å². The molecule has 3 N–H and O–H groups in total. The van der Waals surface area contributed by atoms with Crippen LogP contribution in [0.3, 0.4) is 0 Å². The fourth-order valence-corrected chi connectivity index (χ4v) is 3.73. The second-order valence-electron chi connectivity index (χ2n) is 6.33. The number of aliphatic carboxylic acids is 1. The van der Waals surface area contributed by atoms with Crippen LogP contribution in [0.2, 0.25) is 0 Å². The largest absolute Gasteiger partial charge is 0.481 e. The number of hydrogen-bond acceptors (Lipinski definition) is 3.